The van der Waals surface area contributed by atoms with Crippen LogP contribution in [0.15, 0.2) is 48.5 Å². The quantitative estimate of drug-likeness (QED) is 0.744. The lowest BCUT2D eigenvalue weighted by molar-refractivity contribution is -0.142. The van der Waals surface area contributed by atoms with Crippen molar-refractivity contribution >= 4 is 11.8 Å². The number of carbonyl (C=O) groups excluding carboxylic acids is 2. The lowest BCUT2D eigenvalue weighted by Gasteiger charge is -2.41. The third-order valence-electron chi connectivity index (χ3n) is 6.78. The number of aryl methyl sites for hydroxylation is 1. The van der Waals surface area contributed by atoms with Gasteiger partial charge in [0.05, 0.1) is 12.0 Å². The van der Waals surface area contributed by atoms with Gasteiger partial charge in [-0.25, -0.2) is 4.39 Å². The fraction of sp³-hybridized carbons (Fsp3) is 0.462. The maximum Gasteiger partial charge on any atom is 0.226 e. The summed E-state index contributed by atoms with van der Waals surface area (Å²) in [6.45, 7) is 2.66. The van der Waals surface area contributed by atoms with Crippen LogP contribution in [0.2, 0.25) is 0 Å². The van der Waals surface area contributed by atoms with Crippen LogP contribution in [-0.2, 0) is 16.1 Å². The average molecular weight is 423 g/mol. The highest BCUT2D eigenvalue weighted by Gasteiger charge is 2.38. The Labute approximate surface area is 183 Å². The van der Waals surface area contributed by atoms with Gasteiger partial charge >= 0.3 is 0 Å². The molecule has 0 bridgehead atoms. The molecule has 2 unspecified atom stereocenters. The number of amides is 2. The van der Waals surface area contributed by atoms with Gasteiger partial charge in [0, 0.05) is 24.6 Å². The van der Waals surface area contributed by atoms with Crippen molar-refractivity contribution in [2.24, 2.45) is 11.8 Å². The Morgan fingerprint density at radius 3 is 2.52 bits per heavy atom. The number of nitrogens with zero attached hydrogens (tertiary/aromatic N) is 1. The zero-order valence-electron chi connectivity index (χ0n) is 18.1. The second kappa shape index (κ2) is 9.63. The molecule has 1 saturated carbocycles. The lowest BCUT2D eigenvalue weighted by atomic mass is 9.86. The molecule has 2 aromatic rings. The zero-order chi connectivity index (χ0) is 21.8. The van der Waals surface area contributed by atoms with Gasteiger partial charge in [-0.15, -0.1) is 0 Å². The summed E-state index contributed by atoms with van der Waals surface area (Å²) < 4.78 is 13.9. The maximum absolute atomic E-state index is 13.9. The summed E-state index contributed by atoms with van der Waals surface area (Å²) >= 11 is 0. The van der Waals surface area contributed by atoms with E-state index in [0.29, 0.717) is 12.1 Å². The summed E-state index contributed by atoms with van der Waals surface area (Å²) in [6, 6.07) is 14.8. The normalized spacial score (nSPS) is 21.8. The third-order valence-corrected chi connectivity index (χ3v) is 6.78. The maximum atomic E-state index is 13.9. The second-order valence-electron chi connectivity index (χ2n) is 8.99. The molecule has 1 saturated heterocycles. The molecule has 2 fully saturated rings. The van der Waals surface area contributed by atoms with Crippen molar-refractivity contribution in [3.05, 3.63) is 71.0 Å². The molecule has 1 N–H and O–H groups in total. The largest absolute Gasteiger partial charge is 0.352 e. The molecule has 1 heterocycles. The first-order chi connectivity index (χ1) is 15.0. The molecule has 1 aliphatic carbocycles. The second-order valence-corrected chi connectivity index (χ2v) is 8.99. The van der Waals surface area contributed by atoms with Crippen LogP contribution in [0, 0.1) is 24.6 Å². The SMILES string of the molecule is Cc1cccc(C2CCC(C(=O)NCc3ccccc3F)CN2C(=O)C2CCCC2)c1. The molecule has 0 radical (unpaired) electrons. The van der Waals surface area contributed by atoms with Gasteiger partial charge in [-0.1, -0.05) is 60.9 Å². The number of nitrogens with one attached hydrogen (secondary N) is 1. The molecule has 2 amide bonds. The van der Waals surface area contributed by atoms with Crippen molar-refractivity contribution in [3.63, 3.8) is 0 Å². The molecule has 4 rings (SSSR count). The standard InChI is InChI=1S/C26H31FN2O2/c1-18-7-6-11-20(15-18)24-14-13-22(17-29(24)26(31)19-8-2-3-9-19)25(30)28-16-21-10-4-5-12-23(21)27/h4-7,10-12,15,19,22,24H,2-3,8-9,13-14,16-17H2,1H3,(H,28,30). The highest BCUT2D eigenvalue weighted by atomic mass is 19.1. The van der Waals surface area contributed by atoms with Crippen molar-refractivity contribution in [1.82, 2.24) is 10.2 Å². The lowest BCUT2D eigenvalue weighted by Crippen LogP contribution is -2.48. The van der Waals surface area contributed by atoms with Crippen LogP contribution in [-0.4, -0.2) is 23.3 Å². The molecule has 4 nitrogen and oxygen atoms in total. The summed E-state index contributed by atoms with van der Waals surface area (Å²) in [4.78, 5) is 28.3. The first-order valence-electron chi connectivity index (χ1n) is 11.4. The number of benzene rings is 2. The zero-order valence-corrected chi connectivity index (χ0v) is 18.1. The molecular formula is C26H31FN2O2. The number of rotatable bonds is 5. The molecule has 5 heteroatoms. The van der Waals surface area contributed by atoms with Gasteiger partial charge in [-0.05, 0) is 44.2 Å². The van der Waals surface area contributed by atoms with Gasteiger partial charge in [-0.3, -0.25) is 9.59 Å². The van der Waals surface area contributed by atoms with Gasteiger partial charge < -0.3 is 10.2 Å². The Bertz CT molecular complexity index is 939. The molecule has 31 heavy (non-hydrogen) atoms. The van der Waals surface area contributed by atoms with Crippen molar-refractivity contribution in [3.8, 4) is 0 Å². The Morgan fingerprint density at radius 2 is 1.77 bits per heavy atom. The third kappa shape index (κ3) is 4.97. The van der Waals surface area contributed by atoms with E-state index in [1.54, 1.807) is 18.2 Å². The first-order valence-corrected chi connectivity index (χ1v) is 11.4. The number of carbonyl (C=O) groups is 2. The van der Waals surface area contributed by atoms with E-state index in [0.717, 1.165) is 44.1 Å². The van der Waals surface area contributed by atoms with E-state index in [1.807, 2.05) is 11.0 Å². The minimum atomic E-state index is -0.316. The van der Waals surface area contributed by atoms with Gasteiger partial charge in [0.15, 0.2) is 0 Å². The number of hydrogen-bond acceptors (Lipinski definition) is 2. The molecule has 2 aromatic carbocycles. The number of hydrogen-bond donors (Lipinski definition) is 1. The number of piperidine rings is 1. The van der Waals surface area contributed by atoms with Crippen LogP contribution in [0.5, 0.6) is 0 Å². The Morgan fingerprint density at radius 1 is 1.00 bits per heavy atom. The van der Waals surface area contributed by atoms with Crippen molar-refractivity contribution in [2.75, 3.05) is 6.54 Å². The Kier molecular flexibility index (Phi) is 6.69. The molecular weight excluding hydrogens is 391 g/mol. The van der Waals surface area contributed by atoms with Crippen LogP contribution < -0.4 is 5.32 Å². The van der Waals surface area contributed by atoms with Crippen LogP contribution in [0.1, 0.15) is 61.3 Å². The van der Waals surface area contributed by atoms with Gasteiger partial charge in [0.1, 0.15) is 5.82 Å². The average Bonchev–Trinajstić information content (AvgIpc) is 3.32. The van der Waals surface area contributed by atoms with E-state index >= 15 is 0 Å². The molecule has 1 aliphatic heterocycles. The van der Waals surface area contributed by atoms with Crippen molar-refractivity contribution in [2.45, 2.75) is 58.0 Å². The van der Waals surface area contributed by atoms with Crippen LogP contribution in [0.4, 0.5) is 4.39 Å². The number of halogens is 1. The van der Waals surface area contributed by atoms with Crippen LogP contribution >= 0.6 is 0 Å². The molecule has 0 aromatic heterocycles. The fourth-order valence-electron chi connectivity index (χ4n) is 5.03. The molecule has 164 valence electrons. The van der Waals surface area contributed by atoms with E-state index in [9.17, 15) is 14.0 Å². The van der Waals surface area contributed by atoms with Crippen molar-refractivity contribution < 1.29 is 14.0 Å². The Balaban J connectivity index is 1.48. The molecule has 2 aliphatic rings. The predicted molar refractivity (Wildman–Crippen MR) is 119 cm³/mol. The van der Waals surface area contributed by atoms with Gasteiger partial charge in [0.2, 0.25) is 11.8 Å². The van der Waals surface area contributed by atoms with Gasteiger partial charge in [0.25, 0.3) is 0 Å². The highest BCUT2D eigenvalue weighted by molar-refractivity contribution is 5.83. The van der Waals surface area contributed by atoms with E-state index in [1.165, 1.54) is 11.6 Å². The summed E-state index contributed by atoms with van der Waals surface area (Å²) in [7, 11) is 0. The summed E-state index contributed by atoms with van der Waals surface area (Å²) in [5.41, 5.74) is 2.80. The summed E-state index contributed by atoms with van der Waals surface area (Å²) in [5, 5.41) is 2.89. The van der Waals surface area contributed by atoms with E-state index in [2.05, 4.69) is 30.4 Å². The highest BCUT2D eigenvalue weighted by Crippen LogP contribution is 2.37. The summed E-state index contributed by atoms with van der Waals surface area (Å²) in [6.07, 6.45) is 5.58. The first kappa shape index (κ1) is 21.5. The predicted octanol–water partition coefficient (Wildman–Crippen LogP) is 4.92. The summed E-state index contributed by atoms with van der Waals surface area (Å²) in [5.74, 6) is -0.416. The van der Waals surface area contributed by atoms with E-state index < -0.39 is 0 Å². The minimum absolute atomic E-state index is 0.0172. The monoisotopic (exact) mass is 422 g/mol. The molecule has 0 spiro atoms. The molecule has 2 atom stereocenters. The fourth-order valence-corrected chi connectivity index (χ4v) is 5.03. The van der Waals surface area contributed by atoms with Crippen LogP contribution in [0.25, 0.3) is 0 Å². The van der Waals surface area contributed by atoms with E-state index in [-0.39, 0.29) is 42.1 Å². The van der Waals surface area contributed by atoms with Gasteiger partial charge in [-0.2, -0.15) is 0 Å². The van der Waals surface area contributed by atoms with E-state index in [4.69, 9.17) is 0 Å². The van der Waals surface area contributed by atoms with Crippen molar-refractivity contribution in [1.29, 1.82) is 0 Å². The number of likely N-dealkylation sites (tertiary alicyclic amines) is 1. The Hall–Kier alpha value is -2.69. The topological polar surface area (TPSA) is 49.4 Å². The minimum Gasteiger partial charge on any atom is -0.352 e. The van der Waals surface area contributed by atoms with Crippen LogP contribution in [0.3, 0.4) is 0 Å². The smallest absolute Gasteiger partial charge is 0.226 e.